The number of nitrogens with zero attached hydrogens (tertiary/aromatic N) is 1. The van der Waals surface area contributed by atoms with Crippen molar-refractivity contribution in [1.29, 1.82) is 0 Å². The molecule has 2 aromatic carbocycles. The van der Waals surface area contributed by atoms with Gasteiger partial charge in [0.1, 0.15) is 5.75 Å². The van der Waals surface area contributed by atoms with Crippen LogP contribution in [-0.4, -0.2) is 23.3 Å². The number of rotatable bonds is 9. The van der Waals surface area contributed by atoms with Crippen molar-refractivity contribution in [3.05, 3.63) is 48.0 Å². The number of nitrogens with one attached hydrogen (secondary N) is 1. The molecule has 0 saturated carbocycles. The molecule has 0 aliphatic rings. The van der Waals surface area contributed by atoms with Gasteiger partial charge in [0.15, 0.2) is 4.34 Å². The van der Waals surface area contributed by atoms with Gasteiger partial charge in [-0.3, -0.25) is 4.79 Å². The van der Waals surface area contributed by atoms with Crippen molar-refractivity contribution in [2.75, 3.05) is 17.7 Å². The summed E-state index contributed by atoms with van der Waals surface area (Å²) < 4.78 is 7.96. The van der Waals surface area contributed by atoms with E-state index in [0.29, 0.717) is 6.61 Å². The van der Waals surface area contributed by atoms with Crippen molar-refractivity contribution in [2.45, 2.75) is 38.0 Å². The normalized spacial score (nSPS) is 11.1. The first-order valence-corrected chi connectivity index (χ1v) is 11.4. The number of aromatic nitrogens is 1. The lowest BCUT2D eigenvalue weighted by molar-refractivity contribution is -0.120. The maximum Gasteiger partial charge on any atom is 0.227 e. The van der Waals surface area contributed by atoms with Gasteiger partial charge in [0.2, 0.25) is 5.91 Å². The van der Waals surface area contributed by atoms with Crippen LogP contribution >= 0.6 is 23.1 Å². The van der Waals surface area contributed by atoms with E-state index in [9.17, 15) is 4.79 Å². The quantitative estimate of drug-likeness (QED) is 0.337. The van der Waals surface area contributed by atoms with Crippen LogP contribution in [0.25, 0.3) is 10.2 Å². The van der Waals surface area contributed by atoms with Gasteiger partial charge in [-0.1, -0.05) is 43.8 Å². The summed E-state index contributed by atoms with van der Waals surface area (Å²) in [5.41, 5.74) is 2.95. The minimum absolute atomic E-state index is 0.0662. The Morgan fingerprint density at radius 3 is 2.75 bits per heavy atom. The van der Waals surface area contributed by atoms with Crippen molar-refractivity contribution in [3.63, 3.8) is 0 Å². The van der Waals surface area contributed by atoms with Crippen LogP contribution in [-0.2, 0) is 4.79 Å². The second kappa shape index (κ2) is 9.94. The first-order valence-electron chi connectivity index (χ1n) is 9.63. The zero-order chi connectivity index (χ0) is 19.9. The summed E-state index contributed by atoms with van der Waals surface area (Å²) in [5, 5.41) is 3.03. The van der Waals surface area contributed by atoms with E-state index in [1.807, 2.05) is 50.2 Å². The van der Waals surface area contributed by atoms with Gasteiger partial charge >= 0.3 is 0 Å². The van der Waals surface area contributed by atoms with E-state index in [2.05, 4.69) is 23.3 Å². The molecule has 3 aromatic rings. The zero-order valence-electron chi connectivity index (χ0n) is 16.5. The molecule has 0 aliphatic carbocycles. The Hall–Kier alpha value is -2.05. The third kappa shape index (κ3) is 5.26. The number of anilines is 1. The van der Waals surface area contributed by atoms with Crippen molar-refractivity contribution in [3.8, 4) is 5.75 Å². The molecule has 0 saturated heterocycles. The number of amides is 1. The van der Waals surface area contributed by atoms with Crippen molar-refractivity contribution >= 4 is 44.9 Å². The molecule has 6 heteroatoms. The fourth-order valence-electron chi connectivity index (χ4n) is 2.95. The lowest BCUT2D eigenvalue weighted by atomic mass is 10.0. The standard InChI is InChI=1S/C22H26N2O2S2/c1-4-16(5-2)21(25)23-17-10-11-18-20(14-17)28-22(24-18)27-13-12-26-19-9-7-6-8-15(19)3/h6-11,14,16H,4-5,12-13H2,1-3H3,(H,23,25). The van der Waals surface area contributed by atoms with E-state index < -0.39 is 0 Å². The van der Waals surface area contributed by atoms with Gasteiger partial charge < -0.3 is 10.1 Å². The highest BCUT2D eigenvalue weighted by Crippen LogP contribution is 2.31. The summed E-state index contributed by atoms with van der Waals surface area (Å²) in [6.45, 7) is 6.79. The molecule has 0 aliphatic heterocycles. The molecule has 4 nitrogen and oxygen atoms in total. The highest BCUT2D eigenvalue weighted by Gasteiger charge is 2.14. The van der Waals surface area contributed by atoms with Crippen molar-refractivity contribution in [2.24, 2.45) is 5.92 Å². The lowest BCUT2D eigenvalue weighted by Gasteiger charge is -2.12. The van der Waals surface area contributed by atoms with E-state index in [4.69, 9.17) is 4.74 Å². The van der Waals surface area contributed by atoms with Gasteiger partial charge in [-0.05, 0) is 49.6 Å². The van der Waals surface area contributed by atoms with Gasteiger partial charge in [-0.15, -0.1) is 11.3 Å². The Kier molecular flexibility index (Phi) is 7.34. The number of ether oxygens (including phenoxy) is 1. The van der Waals surface area contributed by atoms with Gasteiger partial charge in [0.25, 0.3) is 0 Å². The average molecular weight is 415 g/mol. The second-order valence-electron chi connectivity index (χ2n) is 6.63. The molecule has 1 amide bonds. The molecule has 0 atom stereocenters. The third-order valence-corrected chi connectivity index (χ3v) is 6.78. The van der Waals surface area contributed by atoms with E-state index >= 15 is 0 Å². The number of para-hydroxylation sites is 1. The minimum atomic E-state index is 0.0662. The number of carbonyl (C=O) groups excluding carboxylic acids is 1. The maximum atomic E-state index is 12.3. The van der Waals surface area contributed by atoms with Crippen molar-refractivity contribution < 1.29 is 9.53 Å². The predicted octanol–water partition coefficient (Wildman–Crippen LogP) is 6.15. The number of hydrogen-bond donors (Lipinski definition) is 1. The molecule has 1 N–H and O–H groups in total. The number of thiazole rings is 1. The van der Waals surface area contributed by atoms with Crippen LogP contribution in [0.5, 0.6) is 5.75 Å². The summed E-state index contributed by atoms with van der Waals surface area (Å²) in [6.07, 6.45) is 1.72. The van der Waals surface area contributed by atoms with Gasteiger partial charge in [0, 0.05) is 17.4 Å². The number of hydrogen-bond acceptors (Lipinski definition) is 5. The van der Waals surface area contributed by atoms with Crippen LogP contribution in [0.4, 0.5) is 5.69 Å². The van der Waals surface area contributed by atoms with Gasteiger partial charge in [-0.2, -0.15) is 0 Å². The average Bonchev–Trinajstić information content (AvgIpc) is 3.09. The second-order valence-corrected chi connectivity index (χ2v) is 9.00. The highest BCUT2D eigenvalue weighted by atomic mass is 32.2. The van der Waals surface area contributed by atoms with E-state index in [-0.39, 0.29) is 11.8 Å². The first-order chi connectivity index (χ1) is 13.6. The molecule has 0 radical (unpaired) electrons. The SMILES string of the molecule is CCC(CC)C(=O)Nc1ccc2nc(SCCOc3ccccc3C)sc2c1. The molecule has 3 rings (SSSR count). The van der Waals surface area contributed by atoms with Crippen LogP contribution in [0.1, 0.15) is 32.3 Å². The molecular formula is C22H26N2O2S2. The van der Waals surface area contributed by atoms with E-state index in [0.717, 1.165) is 50.2 Å². The monoisotopic (exact) mass is 414 g/mol. The molecule has 0 bridgehead atoms. The number of carbonyl (C=O) groups is 1. The van der Waals surface area contributed by atoms with E-state index in [1.54, 1.807) is 23.1 Å². The molecule has 148 valence electrons. The van der Waals surface area contributed by atoms with Crippen LogP contribution in [0.15, 0.2) is 46.8 Å². The van der Waals surface area contributed by atoms with Crippen LogP contribution in [0.2, 0.25) is 0 Å². The predicted molar refractivity (Wildman–Crippen MR) is 120 cm³/mol. The molecule has 1 heterocycles. The summed E-state index contributed by atoms with van der Waals surface area (Å²) >= 11 is 3.35. The molecule has 28 heavy (non-hydrogen) atoms. The topological polar surface area (TPSA) is 51.2 Å². The Balaban J connectivity index is 1.56. The zero-order valence-corrected chi connectivity index (χ0v) is 18.2. The Morgan fingerprint density at radius 1 is 1.21 bits per heavy atom. The molecule has 0 unspecified atom stereocenters. The Bertz CT molecular complexity index is 935. The number of aryl methyl sites for hydroxylation is 1. The molecule has 0 spiro atoms. The van der Waals surface area contributed by atoms with Crippen molar-refractivity contribution in [1.82, 2.24) is 4.98 Å². The molecular weight excluding hydrogens is 388 g/mol. The number of fused-ring (bicyclic) bond motifs is 1. The Morgan fingerprint density at radius 2 is 2.00 bits per heavy atom. The van der Waals surface area contributed by atoms with Gasteiger partial charge in [0.05, 0.1) is 16.8 Å². The summed E-state index contributed by atoms with van der Waals surface area (Å²) in [4.78, 5) is 17.0. The van der Waals surface area contributed by atoms with Crippen LogP contribution < -0.4 is 10.1 Å². The van der Waals surface area contributed by atoms with Crippen LogP contribution in [0.3, 0.4) is 0 Å². The largest absolute Gasteiger partial charge is 0.492 e. The third-order valence-electron chi connectivity index (χ3n) is 4.65. The van der Waals surface area contributed by atoms with Crippen LogP contribution in [0, 0.1) is 12.8 Å². The number of thioether (sulfide) groups is 1. The minimum Gasteiger partial charge on any atom is -0.492 e. The summed E-state index contributed by atoms with van der Waals surface area (Å²) in [6, 6.07) is 14.0. The first kappa shape index (κ1) is 20.7. The smallest absolute Gasteiger partial charge is 0.227 e. The molecule has 0 fully saturated rings. The fourth-order valence-corrected chi connectivity index (χ4v) is 4.94. The maximum absolute atomic E-state index is 12.3. The molecule has 1 aromatic heterocycles. The fraction of sp³-hybridized carbons (Fsp3) is 0.364. The summed E-state index contributed by atoms with van der Waals surface area (Å²) in [5.74, 6) is 1.94. The number of benzene rings is 2. The lowest BCUT2D eigenvalue weighted by Crippen LogP contribution is -2.21. The summed E-state index contributed by atoms with van der Waals surface area (Å²) in [7, 11) is 0. The Labute approximate surface area is 174 Å². The van der Waals surface area contributed by atoms with Gasteiger partial charge in [-0.25, -0.2) is 4.98 Å². The van der Waals surface area contributed by atoms with E-state index in [1.165, 1.54) is 0 Å². The highest BCUT2D eigenvalue weighted by molar-refractivity contribution is 8.01.